The van der Waals surface area contributed by atoms with Gasteiger partial charge < -0.3 is 14.4 Å². The summed E-state index contributed by atoms with van der Waals surface area (Å²) in [7, 11) is 1.52. The fraction of sp³-hybridized carbons (Fsp3) is 0.318. The molecule has 0 aliphatic carbocycles. The molecule has 3 rings (SSSR count). The summed E-state index contributed by atoms with van der Waals surface area (Å²) in [6, 6.07) is 6.85. The Balaban J connectivity index is 1.77. The Labute approximate surface area is 167 Å². The monoisotopic (exact) mass is 405 g/mol. The van der Waals surface area contributed by atoms with Gasteiger partial charge in [0.1, 0.15) is 5.75 Å². The Hall–Kier alpha value is -2.80. The second-order valence-corrected chi connectivity index (χ2v) is 6.89. The van der Waals surface area contributed by atoms with Gasteiger partial charge in [0.2, 0.25) is 0 Å². The number of hydrogen-bond donors (Lipinski definition) is 0. The largest absolute Gasteiger partial charge is 0.467 e. The van der Waals surface area contributed by atoms with Crippen LogP contribution in [-0.2, 0) is 23.9 Å². The van der Waals surface area contributed by atoms with Crippen LogP contribution in [0, 0.1) is 6.92 Å². The molecular formula is C22H22F3NO3. The van der Waals surface area contributed by atoms with Crippen LogP contribution in [0.25, 0.3) is 6.08 Å². The lowest BCUT2D eigenvalue weighted by molar-refractivity contribution is -0.137. The molecule has 29 heavy (non-hydrogen) atoms. The lowest BCUT2D eigenvalue weighted by Crippen LogP contribution is -2.26. The first kappa shape index (κ1) is 20.9. The minimum atomic E-state index is -4.36. The SMILES string of the molecule is C=Cc1c(C)cc2c(c1OCOC)CN(CCc1ccc(C(F)(F)F)cc1)C2=O. The van der Waals surface area contributed by atoms with Gasteiger partial charge in [-0.2, -0.15) is 13.2 Å². The Morgan fingerprint density at radius 1 is 1.24 bits per heavy atom. The molecule has 0 radical (unpaired) electrons. The highest BCUT2D eigenvalue weighted by Gasteiger charge is 2.32. The number of nitrogens with zero attached hydrogens (tertiary/aromatic N) is 1. The molecule has 0 bridgehead atoms. The van der Waals surface area contributed by atoms with Gasteiger partial charge in [0.05, 0.1) is 12.1 Å². The van der Waals surface area contributed by atoms with Crippen molar-refractivity contribution in [1.82, 2.24) is 4.90 Å². The predicted molar refractivity (Wildman–Crippen MR) is 104 cm³/mol. The first-order chi connectivity index (χ1) is 13.8. The summed E-state index contributed by atoms with van der Waals surface area (Å²) in [4.78, 5) is 14.5. The Kier molecular flexibility index (Phi) is 5.98. The van der Waals surface area contributed by atoms with Crippen molar-refractivity contribution in [3.8, 4) is 5.75 Å². The van der Waals surface area contributed by atoms with E-state index in [1.54, 1.807) is 11.0 Å². The molecule has 7 heteroatoms. The first-order valence-corrected chi connectivity index (χ1v) is 9.12. The van der Waals surface area contributed by atoms with Gasteiger partial charge in [-0.05, 0) is 42.7 Å². The molecule has 1 aliphatic rings. The van der Waals surface area contributed by atoms with Gasteiger partial charge in [-0.1, -0.05) is 24.8 Å². The van der Waals surface area contributed by atoms with Crippen molar-refractivity contribution in [3.63, 3.8) is 0 Å². The predicted octanol–water partition coefficient (Wildman–Crippen LogP) is 4.84. The Morgan fingerprint density at radius 2 is 1.93 bits per heavy atom. The lowest BCUT2D eigenvalue weighted by Gasteiger charge is -2.16. The van der Waals surface area contributed by atoms with E-state index in [1.807, 2.05) is 13.0 Å². The quantitative estimate of drug-likeness (QED) is 0.619. The molecule has 0 saturated heterocycles. The number of alkyl halides is 3. The third kappa shape index (κ3) is 4.29. The van der Waals surface area contributed by atoms with Gasteiger partial charge >= 0.3 is 6.18 Å². The molecule has 1 heterocycles. The maximum absolute atomic E-state index is 12.8. The topological polar surface area (TPSA) is 38.8 Å². The summed E-state index contributed by atoms with van der Waals surface area (Å²) in [5.74, 6) is 0.468. The average molecular weight is 405 g/mol. The number of fused-ring (bicyclic) bond motifs is 1. The van der Waals surface area contributed by atoms with Crippen molar-refractivity contribution in [2.75, 3.05) is 20.4 Å². The summed E-state index contributed by atoms with van der Waals surface area (Å²) >= 11 is 0. The van der Waals surface area contributed by atoms with Crippen molar-refractivity contribution in [1.29, 1.82) is 0 Å². The standard InChI is InChI=1S/C22H22F3NO3/c1-4-17-14(2)11-18-19(20(17)29-13-28-3)12-26(21(18)27)10-9-15-5-7-16(8-6-15)22(23,24)25/h4-8,11H,1,9-10,12-13H2,2-3H3. The molecule has 2 aromatic rings. The zero-order chi connectivity index (χ0) is 21.2. The van der Waals surface area contributed by atoms with Gasteiger partial charge in [0, 0.05) is 30.3 Å². The fourth-order valence-electron chi connectivity index (χ4n) is 3.47. The van der Waals surface area contributed by atoms with E-state index in [1.165, 1.54) is 19.2 Å². The van der Waals surface area contributed by atoms with E-state index in [4.69, 9.17) is 9.47 Å². The minimum Gasteiger partial charge on any atom is -0.467 e. The number of rotatable bonds is 7. The van der Waals surface area contributed by atoms with Crippen LogP contribution in [-0.4, -0.2) is 31.3 Å². The van der Waals surface area contributed by atoms with Crippen LogP contribution in [0.5, 0.6) is 5.75 Å². The van der Waals surface area contributed by atoms with Crippen molar-refractivity contribution < 1.29 is 27.4 Å². The van der Waals surface area contributed by atoms with E-state index in [2.05, 4.69) is 6.58 Å². The van der Waals surface area contributed by atoms with Crippen LogP contribution in [0.2, 0.25) is 0 Å². The van der Waals surface area contributed by atoms with Crippen LogP contribution in [0.1, 0.15) is 38.2 Å². The number of benzene rings is 2. The first-order valence-electron chi connectivity index (χ1n) is 9.12. The van der Waals surface area contributed by atoms with Crippen LogP contribution in [0.4, 0.5) is 13.2 Å². The van der Waals surface area contributed by atoms with E-state index in [-0.39, 0.29) is 12.7 Å². The molecule has 0 spiro atoms. The number of carbonyl (C=O) groups excluding carboxylic acids is 1. The highest BCUT2D eigenvalue weighted by atomic mass is 19.4. The number of halogens is 3. The second-order valence-electron chi connectivity index (χ2n) is 6.89. The van der Waals surface area contributed by atoms with Crippen molar-refractivity contribution in [3.05, 3.63) is 70.3 Å². The van der Waals surface area contributed by atoms with Crippen LogP contribution in [0.15, 0.2) is 36.9 Å². The maximum Gasteiger partial charge on any atom is 0.416 e. The van der Waals surface area contributed by atoms with Crippen LogP contribution in [0.3, 0.4) is 0 Å². The van der Waals surface area contributed by atoms with Crippen LogP contribution >= 0.6 is 0 Å². The highest BCUT2D eigenvalue weighted by molar-refractivity contribution is 6.00. The van der Waals surface area contributed by atoms with E-state index >= 15 is 0 Å². The van der Waals surface area contributed by atoms with Gasteiger partial charge in [0.15, 0.2) is 6.79 Å². The molecule has 4 nitrogen and oxygen atoms in total. The molecule has 0 N–H and O–H groups in total. The molecule has 0 aromatic heterocycles. The average Bonchev–Trinajstić information content (AvgIpc) is 2.99. The van der Waals surface area contributed by atoms with E-state index in [9.17, 15) is 18.0 Å². The molecule has 1 aliphatic heterocycles. The summed E-state index contributed by atoms with van der Waals surface area (Å²) in [5, 5.41) is 0. The lowest BCUT2D eigenvalue weighted by atomic mass is 9.99. The third-order valence-corrected chi connectivity index (χ3v) is 4.97. The minimum absolute atomic E-state index is 0.0521. The summed E-state index contributed by atoms with van der Waals surface area (Å²) in [6.45, 7) is 6.52. The molecule has 0 unspecified atom stereocenters. The number of carbonyl (C=O) groups is 1. The second kappa shape index (κ2) is 8.29. The van der Waals surface area contributed by atoms with Crippen molar-refractivity contribution in [2.45, 2.75) is 26.1 Å². The zero-order valence-electron chi connectivity index (χ0n) is 16.3. The molecule has 0 fully saturated rings. The van der Waals surface area contributed by atoms with Gasteiger partial charge in [0.25, 0.3) is 5.91 Å². The fourth-order valence-corrected chi connectivity index (χ4v) is 3.47. The van der Waals surface area contributed by atoms with Crippen molar-refractivity contribution >= 4 is 12.0 Å². The Bertz CT molecular complexity index is 920. The number of hydrogen-bond acceptors (Lipinski definition) is 3. The molecule has 1 amide bonds. The molecule has 0 atom stereocenters. The van der Waals surface area contributed by atoms with Crippen molar-refractivity contribution in [2.24, 2.45) is 0 Å². The summed E-state index contributed by atoms with van der Waals surface area (Å²) in [5.41, 5.74) is 3.10. The number of methoxy groups -OCH3 is 1. The van der Waals surface area contributed by atoms with Gasteiger partial charge in [-0.25, -0.2) is 0 Å². The zero-order valence-corrected chi connectivity index (χ0v) is 16.3. The normalized spacial score (nSPS) is 13.6. The van der Waals surface area contributed by atoms with E-state index in [0.29, 0.717) is 30.8 Å². The maximum atomic E-state index is 12.8. The number of ether oxygens (including phenoxy) is 2. The smallest absolute Gasteiger partial charge is 0.416 e. The van der Waals surface area contributed by atoms with E-state index < -0.39 is 11.7 Å². The number of amides is 1. The molecule has 154 valence electrons. The number of aryl methyl sites for hydroxylation is 1. The van der Waals surface area contributed by atoms with E-state index in [0.717, 1.165) is 34.4 Å². The summed E-state index contributed by atoms with van der Waals surface area (Å²) in [6.07, 6.45) is -2.21. The Morgan fingerprint density at radius 3 is 2.52 bits per heavy atom. The summed E-state index contributed by atoms with van der Waals surface area (Å²) < 4.78 is 48.8. The molecule has 2 aromatic carbocycles. The third-order valence-electron chi connectivity index (χ3n) is 4.97. The van der Waals surface area contributed by atoms with Crippen LogP contribution < -0.4 is 4.74 Å². The highest BCUT2D eigenvalue weighted by Crippen LogP contribution is 2.37. The molecular weight excluding hydrogens is 383 g/mol. The van der Waals surface area contributed by atoms with Gasteiger partial charge in [-0.3, -0.25) is 4.79 Å². The van der Waals surface area contributed by atoms with Gasteiger partial charge in [-0.15, -0.1) is 0 Å². The molecule has 0 saturated carbocycles.